The van der Waals surface area contributed by atoms with Crippen molar-refractivity contribution in [3.8, 4) is 5.75 Å². The van der Waals surface area contributed by atoms with E-state index < -0.39 is 5.97 Å². The van der Waals surface area contributed by atoms with E-state index in [0.29, 0.717) is 0 Å². The number of rotatable bonds is 16. The summed E-state index contributed by atoms with van der Waals surface area (Å²) < 4.78 is 10.7. The molecule has 0 aliphatic carbocycles. The predicted octanol–water partition coefficient (Wildman–Crippen LogP) is 6.10. The summed E-state index contributed by atoms with van der Waals surface area (Å²) in [6.07, 6.45) is 19.0. The van der Waals surface area contributed by atoms with Gasteiger partial charge in [-0.2, -0.15) is 0 Å². The van der Waals surface area contributed by atoms with Crippen LogP contribution >= 0.6 is 0 Å². The van der Waals surface area contributed by atoms with Gasteiger partial charge in [0.05, 0.1) is 12.6 Å². The molecule has 6 nitrogen and oxygen atoms in total. The van der Waals surface area contributed by atoms with Crippen LogP contribution in [0.2, 0.25) is 0 Å². The smallest absolute Gasteiger partial charge is 0.325 e. The van der Waals surface area contributed by atoms with Crippen molar-refractivity contribution in [3.05, 3.63) is 91.6 Å². The highest BCUT2D eigenvalue weighted by atomic mass is 16.5. The van der Waals surface area contributed by atoms with Gasteiger partial charge in [0, 0.05) is 0 Å². The Labute approximate surface area is 229 Å². The van der Waals surface area contributed by atoms with Crippen molar-refractivity contribution >= 4 is 11.9 Å². The van der Waals surface area contributed by atoms with E-state index in [1.807, 2.05) is 30.2 Å². The molecule has 1 aliphatic heterocycles. The van der Waals surface area contributed by atoms with E-state index in [1.54, 1.807) is 18.2 Å². The van der Waals surface area contributed by atoms with Gasteiger partial charge in [-0.05, 0) is 83.2 Å². The van der Waals surface area contributed by atoms with E-state index in [4.69, 9.17) is 9.47 Å². The van der Waals surface area contributed by atoms with E-state index in [-0.39, 0.29) is 25.1 Å². The fourth-order valence-electron chi connectivity index (χ4n) is 3.73. The lowest BCUT2D eigenvalue weighted by atomic mass is 10.2. The molecule has 0 saturated carbocycles. The number of hydrogen-bond acceptors (Lipinski definition) is 5. The lowest BCUT2D eigenvalue weighted by molar-refractivity contribution is -0.143. The van der Waals surface area contributed by atoms with Crippen molar-refractivity contribution in [2.45, 2.75) is 57.9 Å². The first-order valence-corrected chi connectivity index (χ1v) is 13.4. The Hall–Kier alpha value is -3.38. The number of unbranched alkanes of at least 4 members (excludes halogenated alkanes) is 3. The molecule has 1 aromatic rings. The van der Waals surface area contributed by atoms with Gasteiger partial charge in [0.2, 0.25) is 5.91 Å². The Morgan fingerprint density at radius 3 is 2.42 bits per heavy atom. The van der Waals surface area contributed by atoms with Crippen LogP contribution in [0.4, 0.5) is 0 Å². The summed E-state index contributed by atoms with van der Waals surface area (Å²) >= 11 is 0. The molecule has 2 rings (SSSR count). The fourth-order valence-corrected chi connectivity index (χ4v) is 3.73. The molecule has 1 atom stereocenters. The third-order valence-corrected chi connectivity index (χ3v) is 5.99. The first kappa shape index (κ1) is 32.6. The molecule has 1 fully saturated rings. The molecule has 38 heavy (non-hydrogen) atoms. The van der Waals surface area contributed by atoms with Gasteiger partial charge < -0.3 is 14.8 Å². The van der Waals surface area contributed by atoms with Crippen LogP contribution in [0, 0.1) is 6.92 Å². The van der Waals surface area contributed by atoms with Crippen molar-refractivity contribution in [3.63, 3.8) is 0 Å². The molecule has 1 heterocycles. The van der Waals surface area contributed by atoms with Crippen LogP contribution in [-0.4, -0.2) is 56.2 Å². The van der Waals surface area contributed by atoms with Gasteiger partial charge in [0.1, 0.15) is 18.9 Å². The maximum atomic E-state index is 11.9. The second kappa shape index (κ2) is 20.7. The van der Waals surface area contributed by atoms with E-state index in [2.05, 4.69) is 56.3 Å². The Kier molecular flexibility index (Phi) is 17.7. The molecule has 208 valence electrons. The summed E-state index contributed by atoms with van der Waals surface area (Å²) in [7, 11) is 1.91. The van der Waals surface area contributed by atoms with Crippen LogP contribution in [0.25, 0.3) is 0 Å². The molecule has 0 bridgehead atoms. The summed E-state index contributed by atoms with van der Waals surface area (Å²) in [6, 6.07) is 8.06. The third kappa shape index (κ3) is 15.0. The summed E-state index contributed by atoms with van der Waals surface area (Å²) in [5.74, 6) is 0.378. The highest BCUT2D eigenvalue weighted by molar-refractivity contribution is 5.85. The van der Waals surface area contributed by atoms with Crippen molar-refractivity contribution < 1.29 is 19.1 Å². The van der Waals surface area contributed by atoms with Crippen molar-refractivity contribution in [1.82, 2.24) is 10.2 Å². The number of carbonyl (C=O) groups is 2. The zero-order valence-electron chi connectivity index (χ0n) is 23.3. The van der Waals surface area contributed by atoms with Crippen LogP contribution in [0.15, 0.2) is 86.0 Å². The molecule has 1 aliphatic rings. The first-order chi connectivity index (χ1) is 18.4. The average molecular weight is 523 g/mol. The minimum Gasteiger partial charge on any atom is -0.493 e. The van der Waals surface area contributed by atoms with Crippen molar-refractivity contribution in [2.75, 3.05) is 33.4 Å². The Balaban J connectivity index is 0.000000382. The van der Waals surface area contributed by atoms with Gasteiger partial charge in [-0.3, -0.25) is 14.5 Å². The molecule has 1 aromatic carbocycles. The summed E-state index contributed by atoms with van der Waals surface area (Å²) in [6.45, 7) is 14.7. The van der Waals surface area contributed by atoms with E-state index in [0.717, 1.165) is 50.2 Å². The molecule has 1 saturated heterocycles. The number of ether oxygens (including phenoxy) is 2. The SMILES string of the molecule is C=C/C=C(\C=C)COC(=O)CNC(=O)C1CCCN1C.C=CCCCC/C=C/CCOc1ccc(C)cc1. The van der Waals surface area contributed by atoms with E-state index in [1.165, 1.54) is 24.8 Å². The number of benzene rings is 1. The maximum absolute atomic E-state index is 11.9. The number of allylic oxidation sites excluding steroid dienone is 4. The zero-order chi connectivity index (χ0) is 28.0. The topological polar surface area (TPSA) is 67.9 Å². The first-order valence-electron chi connectivity index (χ1n) is 13.4. The van der Waals surface area contributed by atoms with Gasteiger partial charge >= 0.3 is 5.97 Å². The summed E-state index contributed by atoms with van der Waals surface area (Å²) in [5.41, 5.74) is 2.02. The number of hydrogen-bond donors (Lipinski definition) is 1. The Morgan fingerprint density at radius 1 is 1.08 bits per heavy atom. The Morgan fingerprint density at radius 2 is 1.79 bits per heavy atom. The maximum Gasteiger partial charge on any atom is 0.325 e. The van der Waals surface area contributed by atoms with Crippen molar-refractivity contribution in [1.29, 1.82) is 0 Å². The second-order valence-corrected chi connectivity index (χ2v) is 9.19. The van der Waals surface area contributed by atoms with Gasteiger partial charge in [-0.1, -0.05) is 67.3 Å². The molecule has 0 radical (unpaired) electrons. The minimum atomic E-state index is -0.462. The third-order valence-electron chi connectivity index (χ3n) is 5.99. The van der Waals surface area contributed by atoms with Crippen LogP contribution in [0.1, 0.15) is 50.5 Å². The zero-order valence-corrected chi connectivity index (χ0v) is 23.3. The molecule has 1 N–H and O–H groups in total. The second-order valence-electron chi connectivity index (χ2n) is 9.19. The number of likely N-dealkylation sites (tertiary alicyclic amines) is 1. The van der Waals surface area contributed by atoms with Gasteiger partial charge in [-0.25, -0.2) is 0 Å². The normalized spacial score (nSPS) is 15.3. The standard InChI is InChI=1S/C17H24O.C15H22N2O3/c1-3-4-5-6-7-8-9-10-15-18-17-13-11-16(2)12-14-17;1-4-7-12(5-2)11-20-14(18)10-16-15(19)13-8-6-9-17(13)3/h3,8-9,11-14H,1,4-7,10,15H2,2H3;4-5,7,13H,1-2,6,8-11H2,3H3,(H,16,19)/b9-8+;12-7+. The lowest BCUT2D eigenvalue weighted by Crippen LogP contribution is -2.43. The van der Waals surface area contributed by atoms with Crippen molar-refractivity contribution in [2.24, 2.45) is 0 Å². The van der Waals surface area contributed by atoms with Crippen LogP contribution in [-0.2, 0) is 14.3 Å². The fraction of sp³-hybridized carbons (Fsp3) is 0.438. The predicted molar refractivity (Wildman–Crippen MR) is 157 cm³/mol. The van der Waals surface area contributed by atoms with Gasteiger partial charge in [0.25, 0.3) is 0 Å². The number of carbonyl (C=O) groups excluding carboxylic acids is 2. The number of esters is 1. The van der Waals surface area contributed by atoms with Gasteiger partial charge in [0.15, 0.2) is 0 Å². The molecular weight excluding hydrogens is 476 g/mol. The molecular formula is C32H46N2O4. The van der Waals surface area contributed by atoms with Gasteiger partial charge in [-0.15, -0.1) is 6.58 Å². The summed E-state index contributed by atoms with van der Waals surface area (Å²) in [5, 5.41) is 2.61. The highest BCUT2D eigenvalue weighted by Crippen LogP contribution is 2.14. The Bertz CT molecular complexity index is 918. The highest BCUT2D eigenvalue weighted by Gasteiger charge is 2.27. The quantitative estimate of drug-likeness (QED) is 0.123. The number of nitrogens with one attached hydrogen (secondary N) is 1. The van der Waals surface area contributed by atoms with Crippen LogP contribution in [0.3, 0.4) is 0 Å². The minimum absolute atomic E-state index is 0.109. The van der Waals surface area contributed by atoms with E-state index in [9.17, 15) is 9.59 Å². The molecule has 0 spiro atoms. The molecule has 6 heteroatoms. The number of likely N-dealkylation sites (N-methyl/N-ethyl adjacent to an activating group) is 1. The van der Waals surface area contributed by atoms with E-state index >= 15 is 0 Å². The monoisotopic (exact) mass is 522 g/mol. The largest absolute Gasteiger partial charge is 0.493 e. The summed E-state index contributed by atoms with van der Waals surface area (Å²) in [4.78, 5) is 25.4. The van der Waals surface area contributed by atoms with Crippen LogP contribution in [0.5, 0.6) is 5.75 Å². The number of aryl methyl sites for hydroxylation is 1. The van der Waals surface area contributed by atoms with Crippen LogP contribution < -0.4 is 10.1 Å². The number of amides is 1. The molecule has 1 unspecified atom stereocenters. The number of nitrogens with zero attached hydrogens (tertiary/aromatic N) is 1. The average Bonchev–Trinajstić information content (AvgIpc) is 3.36. The molecule has 1 amide bonds. The lowest BCUT2D eigenvalue weighted by Gasteiger charge is -2.18. The molecule has 0 aromatic heterocycles.